The van der Waals surface area contributed by atoms with Gasteiger partial charge in [0.25, 0.3) is 0 Å². The van der Waals surface area contributed by atoms with Gasteiger partial charge in [-0.2, -0.15) is 0 Å². The SMILES string of the molecule is OC[C@H](COc1ccccc1Cl)c1ccc(Cl)cc1. The second-order valence-corrected chi connectivity index (χ2v) is 5.02. The van der Waals surface area contributed by atoms with Crippen LogP contribution in [0.3, 0.4) is 0 Å². The zero-order valence-corrected chi connectivity index (χ0v) is 11.7. The fraction of sp³-hybridized carbons (Fsp3) is 0.200. The molecular formula is C15H14Cl2O2. The molecule has 4 heteroatoms. The lowest BCUT2D eigenvalue weighted by molar-refractivity contribution is 0.205. The highest BCUT2D eigenvalue weighted by atomic mass is 35.5. The molecule has 2 rings (SSSR count). The van der Waals surface area contributed by atoms with E-state index >= 15 is 0 Å². The van der Waals surface area contributed by atoms with Crippen LogP contribution < -0.4 is 4.74 Å². The van der Waals surface area contributed by atoms with E-state index in [1.165, 1.54) is 0 Å². The van der Waals surface area contributed by atoms with Crippen LogP contribution in [0.15, 0.2) is 48.5 Å². The molecule has 0 fully saturated rings. The maximum atomic E-state index is 9.45. The Kier molecular flexibility index (Phi) is 5.08. The minimum atomic E-state index is -0.103. The third-order valence-electron chi connectivity index (χ3n) is 2.84. The number of benzene rings is 2. The molecule has 0 aliphatic rings. The van der Waals surface area contributed by atoms with Gasteiger partial charge in [0, 0.05) is 10.9 Å². The minimum Gasteiger partial charge on any atom is -0.491 e. The van der Waals surface area contributed by atoms with Crippen LogP contribution in [0.4, 0.5) is 0 Å². The number of ether oxygens (including phenoxy) is 1. The molecule has 1 atom stereocenters. The Morgan fingerprint density at radius 2 is 1.68 bits per heavy atom. The summed E-state index contributed by atoms with van der Waals surface area (Å²) < 4.78 is 5.65. The summed E-state index contributed by atoms with van der Waals surface area (Å²) >= 11 is 11.9. The first-order valence-corrected chi connectivity index (χ1v) is 6.70. The Morgan fingerprint density at radius 1 is 1.00 bits per heavy atom. The zero-order chi connectivity index (χ0) is 13.7. The quantitative estimate of drug-likeness (QED) is 0.898. The van der Waals surface area contributed by atoms with Crippen LogP contribution >= 0.6 is 23.2 Å². The molecule has 100 valence electrons. The van der Waals surface area contributed by atoms with Gasteiger partial charge in [0.05, 0.1) is 18.2 Å². The molecule has 0 saturated heterocycles. The highest BCUT2D eigenvalue weighted by Gasteiger charge is 2.12. The lowest BCUT2D eigenvalue weighted by Crippen LogP contribution is -2.14. The predicted molar refractivity (Wildman–Crippen MR) is 78.2 cm³/mol. The lowest BCUT2D eigenvalue weighted by atomic mass is 10.0. The van der Waals surface area contributed by atoms with E-state index in [2.05, 4.69) is 0 Å². The van der Waals surface area contributed by atoms with Crippen LogP contribution in [0.1, 0.15) is 11.5 Å². The van der Waals surface area contributed by atoms with Crippen molar-refractivity contribution in [1.29, 1.82) is 0 Å². The Hall–Kier alpha value is -1.22. The fourth-order valence-corrected chi connectivity index (χ4v) is 2.06. The molecular weight excluding hydrogens is 283 g/mol. The van der Waals surface area contributed by atoms with Gasteiger partial charge >= 0.3 is 0 Å². The third kappa shape index (κ3) is 3.87. The molecule has 1 N–H and O–H groups in total. The average molecular weight is 297 g/mol. The molecule has 0 amide bonds. The Bertz CT molecular complexity index is 526. The largest absolute Gasteiger partial charge is 0.491 e. The normalized spacial score (nSPS) is 12.2. The predicted octanol–water partition coefficient (Wildman–Crippen LogP) is 4.15. The van der Waals surface area contributed by atoms with Crippen LogP contribution in [0.2, 0.25) is 10.0 Å². The van der Waals surface area contributed by atoms with E-state index in [0.29, 0.717) is 22.4 Å². The number of hydrogen-bond donors (Lipinski definition) is 1. The van der Waals surface area contributed by atoms with Crippen molar-refractivity contribution in [1.82, 2.24) is 0 Å². The number of halogens is 2. The Morgan fingerprint density at radius 3 is 2.32 bits per heavy atom. The fourth-order valence-electron chi connectivity index (χ4n) is 1.74. The van der Waals surface area contributed by atoms with Gasteiger partial charge in [0.2, 0.25) is 0 Å². The summed E-state index contributed by atoms with van der Waals surface area (Å²) in [4.78, 5) is 0. The Balaban J connectivity index is 2.04. The van der Waals surface area contributed by atoms with Crippen LogP contribution in [0.25, 0.3) is 0 Å². The summed E-state index contributed by atoms with van der Waals surface area (Å²) in [5.74, 6) is 0.519. The van der Waals surface area contributed by atoms with E-state index in [1.807, 2.05) is 24.3 Å². The van der Waals surface area contributed by atoms with Crippen molar-refractivity contribution in [3.05, 3.63) is 64.1 Å². The van der Waals surface area contributed by atoms with Gasteiger partial charge < -0.3 is 9.84 Å². The summed E-state index contributed by atoms with van der Waals surface area (Å²) in [7, 11) is 0. The van der Waals surface area contributed by atoms with Crippen molar-refractivity contribution in [2.24, 2.45) is 0 Å². The van der Waals surface area contributed by atoms with Gasteiger partial charge in [-0.1, -0.05) is 47.5 Å². The second-order valence-electron chi connectivity index (χ2n) is 4.17. The van der Waals surface area contributed by atoms with E-state index in [0.717, 1.165) is 5.56 Å². The van der Waals surface area contributed by atoms with Crippen LogP contribution in [-0.2, 0) is 0 Å². The van der Waals surface area contributed by atoms with E-state index in [4.69, 9.17) is 27.9 Å². The first kappa shape index (κ1) is 14.2. The van der Waals surface area contributed by atoms with Gasteiger partial charge in [0.15, 0.2) is 0 Å². The summed E-state index contributed by atoms with van der Waals surface area (Å²) in [5.41, 5.74) is 0.985. The molecule has 0 radical (unpaired) electrons. The van der Waals surface area contributed by atoms with Crippen molar-refractivity contribution < 1.29 is 9.84 Å². The molecule has 2 nitrogen and oxygen atoms in total. The molecule has 0 aliphatic carbocycles. The number of hydrogen-bond acceptors (Lipinski definition) is 2. The molecule has 0 heterocycles. The summed E-state index contributed by atoms with van der Waals surface area (Å²) in [6.45, 7) is 0.369. The summed E-state index contributed by atoms with van der Waals surface area (Å²) in [5, 5.41) is 10.7. The van der Waals surface area contributed by atoms with E-state index < -0.39 is 0 Å². The van der Waals surface area contributed by atoms with E-state index in [-0.39, 0.29) is 12.5 Å². The van der Waals surface area contributed by atoms with Crippen molar-refractivity contribution in [2.45, 2.75) is 5.92 Å². The first-order chi connectivity index (χ1) is 9.20. The smallest absolute Gasteiger partial charge is 0.137 e. The van der Waals surface area contributed by atoms with E-state index in [9.17, 15) is 5.11 Å². The monoisotopic (exact) mass is 296 g/mol. The topological polar surface area (TPSA) is 29.5 Å². The number of rotatable bonds is 5. The maximum Gasteiger partial charge on any atom is 0.137 e. The molecule has 0 unspecified atom stereocenters. The zero-order valence-electron chi connectivity index (χ0n) is 10.2. The van der Waals surface area contributed by atoms with Crippen molar-refractivity contribution in [3.63, 3.8) is 0 Å². The maximum absolute atomic E-state index is 9.45. The number of aliphatic hydroxyl groups is 1. The molecule has 2 aromatic carbocycles. The highest BCUT2D eigenvalue weighted by molar-refractivity contribution is 6.32. The molecule has 0 aromatic heterocycles. The molecule has 0 spiro atoms. The number of aliphatic hydroxyl groups excluding tert-OH is 1. The van der Waals surface area contributed by atoms with Crippen molar-refractivity contribution in [2.75, 3.05) is 13.2 Å². The lowest BCUT2D eigenvalue weighted by Gasteiger charge is -2.16. The summed E-state index contributed by atoms with van der Waals surface area (Å²) in [6, 6.07) is 14.7. The molecule has 2 aromatic rings. The van der Waals surface area contributed by atoms with Gasteiger partial charge in [-0.3, -0.25) is 0 Å². The third-order valence-corrected chi connectivity index (χ3v) is 3.40. The Labute approximate surface area is 122 Å². The van der Waals surface area contributed by atoms with E-state index in [1.54, 1.807) is 24.3 Å². The number of para-hydroxylation sites is 1. The molecule has 0 aliphatic heterocycles. The average Bonchev–Trinajstić information content (AvgIpc) is 2.43. The van der Waals surface area contributed by atoms with Crippen LogP contribution in [0.5, 0.6) is 5.75 Å². The van der Waals surface area contributed by atoms with Crippen molar-refractivity contribution >= 4 is 23.2 Å². The second kappa shape index (κ2) is 6.80. The van der Waals surface area contributed by atoms with Crippen LogP contribution in [-0.4, -0.2) is 18.3 Å². The molecule has 0 bridgehead atoms. The molecule has 19 heavy (non-hydrogen) atoms. The van der Waals surface area contributed by atoms with Gasteiger partial charge in [0.1, 0.15) is 5.75 Å². The first-order valence-electron chi connectivity index (χ1n) is 5.94. The van der Waals surface area contributed by atoms with Crippen LogP contribution in [0, 0.1) is 0 Å². The van der Waals surface area contributed by atoms with Gasteiger partial charge in [-0.25, -0.2) is 0 Å². The van der Waals surface area contributed by atoms with Crippen molar-refractivity contribution in [3.8, 4) is 5.75 Å². The van der Waals surface area contributed by atoms with Gasteiger partial charge in [-0.15, -0.1) is 0 Å². The standard InChI is InChI=1S/C15H14Cl2O2/c16-13-7-5-11(6-8-13)12(9-18)10-19-15-4-2-1-3-14(15)17/h1-8,12,18H,9-10H2/t12-/m1/s1. The molecule has 0 saturated carbocycles. The van der Waals surface area contributed by atoms with Gasteiger partial charge in [-0.05, 0) is 29.8 Å². The minimum absolute atomic E-state index is 0.00604. The highest BCUT2D eigenvalue weighted by Crippen LogP contribution is 2.25. The summed E-state index contributed by atoms with van der Waals surface area (Å²) in [6.07, 6.45) is 0.